The number of para-hydroxylation sites is 1. The zero-order chi connectivity index (χ0) is 21.5. The van der Waals surface area contributed by atoms with Gasteiger partial charge in [-0.15, -0.1) is 0 Å². The predicted molar refractivity (Wildman–Crippen MR) is 126 cm³/mol. The molecule has 156 valence electrons. The number of fused-ring (bicyclic) bond motifs is 2. The van der Waals surface area contributed by atoms with E-state index in [-0.39, 0.29) is 5.91 Å². The number of amides is 1. The van der Waals surface area contributed by atoms with Crippen molar-refractivity contribution in [2.24, 2.45) is 0 Å². The fourth-order valence-corrected chi connectivity index (χ4v) is 4.57. The van der Waals surface area contributed by atoms with E-state index in [1.807, 2.05) is 23.2 Å². The summed E-state index contributed by atoms with van der Waals surface area (Å²) in [6.45, 7) is 7.07. The van der Waals surface area contributed by atoms with Crippen LogP contribution < -0.4 is 4.90 Å². The molecule has 0 N–H and O–H groups in total. The molecule has 1 amide bonds. The lowest BCUT2D eigenvalue weighted by Crippen LogP contribution is -2.36. The molecule has 0 radical (unpaired) electrons. The van der Waals surface area contributed by atoms with Crippen LogP contribution in [0.15, 0.2) is 60.8 Å². The first-order valence-corrected chi connectivity index (χ1v) is 11.0. The molecule has 5 rings (SSSR count). The van der Waals surface area contributed by atoms with Gasteiger partial charge in [0, 0.05) is 24.0 Å². The van der Waals surface area contributed by atoms with Crippen LogP contribution in [0.3, 0.4) is 0 Å². The Balaban J connectivity index is 1.60. The van der Waals surface area contributed by atoms with Gasteiger partial charge in [-0.05, 0) is 74.1 Å². The van der Waals surface area contributed by atoms with Crippen LogP contribution in [0.25, 0.3) is 16.9 Å². The molecule has 0 aliphatic carbocycles. The Morgan fingerprint density at radius 1 is 0.968 bits per heavy atom. The summed E-state index contributed by atoms with van der Waals surface area (Å²) in [5.74, 6) is 0.125. The maximum Gasteiger partial charge on any atom is 0.233 e. The van der Waals surface area contributed by atoms with Crippen molar-refractivity contribution >= 4 is 17.2 Å². The first kappa shape index (κ1) is 19.6. The van der Waals surface area contributed by atoms with E-state index < -0.39 is 0 Å². The molecule has 0 saturated carbocycles. The van der Waals surface area contributed by atoms with E-state index in [1.54, 1.807) is 0 Å². The maximum atomic E-state index is 13.5. The number of benzene rings is 2. The Bertz CT molecular complexity index is 1300. The van der Waals surface area contributed by atoms with Gasteiger partial charge in [0.25, 0.3) is 0 Å². The van der Waals surface area contributed by atoms with Gasteiger partial charge in [0.1, 0.15) is 5.65 Å². The molecule has 4 aromatic rings. The summed E-state index contributed by atoms with van der Waals surface area (Å²) >= 11 is 0. The number of rotatable bonds is 3. The highest BCUT2D eigenvalue weighted by Gasteiger charge is 2.25. The topological polar surface area (TPSA) is 37.6 Å². The molecule has 0 unspecified atom stereocenters. The van der Waals surface area contributed by atoms with Crippen LogP contribution in [0.1, 0.15) is 34.4 Å². The molecule has 1 aliphatic heterocycles. The average Bonchev–Trinajstić information content (AvgIpc) is 3.15. The standard InChI is InChI=1S/C27H27N3O/c1-18-12-13-22(16-20(18)3)26-24(30-15-6-8-19(2)27(30)28-26)17-25(31)29-14-7-10-21-9-4-5-11-23(21)29/h4-6,8-9,11-13,15-16H,7,10,14,17H2,1-3H3. The van der Waals surface area contributed by atoms with Crippen LogP contribution in [0, 0.1) is 20.8 Å². The molecule has 0 fully saturated rings. The molecular formula is C27H27N3O. The van der Waals surface area contributed by atoms with Gasteiger partial charge < -0.3 is 9.30 Å². The Kier molecular flexibility index (Phi) is 4.85. The minimum absolute atomic E-state index is 0.125. The number of hydrogen-bond acceptors (Lipinski definition) is 2. The van der Waals surface area contributed by atoms with Gasteiger partial charge in [-0.2, -0.15) is 0 Å². The minimum atomic E-state index is 0.125. The highest BCUT2D eigenvalue weighted by molar-refractivity contribution is 5.96. The zero-order valence-corrected chi connectivity index (χ0v) is 18.4. The van der Waals surface area contributed by atoms with E-state index in [4.69, 9.17) is 4.98 Å². The summed E-state index contributed by atoms with van der Waals surface area (Å²) in [6, 6.07) is 18.8. The summed E-state index contributed by atoms with van der Waals surface area (Å²) in [6.07, 6.45) is 4.37. The lowest BCUT2D eigenvalue weighted by molar-refractivity contribution is -0.118. The third kappa shape index (κ3) is 3.42. The molecule has 0 atom stereocenters. The van der Waals surface area contributed by atoms with E-state index in [9.17, 15) is 4.79 Å². The average molecular weight is 410 g/mol. The van der Waals surface area contributed by atoms with Crippen LogP contribution in [-0.2, 0) is 17.6 Å². The fraction of sp³-hybridized carbons (Fsp3) is 0.259. The van der Waals surface area contributed by atoms with Crippen molar-refractivity contribution in [2.45, 2.75) is 40.0 Å². The van der Waals surface area contributed by atoms with Crippen LogP contribution >= 0.6 is 0 Å². The SMILES string of the molecule is Cc1ccc(-c2nc3c(C)cccn3c2CC(=O)N2CCCc3ccccc32)cc1C. The number of aromatic nitrogens is 2. The van der Waals surface area contributed by atoms with Gasteiger partial charge >= 0.3 is 0 Å². The van der Waals surface area contributed by atoms with Crippen LogP contribution in [0.5, 0.6) is 0 Å². The second-order valence-electron chi connectivity index (χ2n) is 8.55. The molecule has 1 aliphatic rings. The lowest BCUT2D eigenvalue weighted by Gasteiger charge is -2.29. The summed E-state index contributed by atoms with van der Waals surface area (Å²) < 4.78 is 2.09. The van der Waals surface area contributed by atoms with Crippen LogP contribution in [0.4, 0.5) is 5.69 Å². The fourth-order valence-electron chi connectivity index (χ4n) is 4.57. The molecule has 0 bridgehead atoms. The number of hydrogen-bond donors (Lipinski definition) is 0. The number of pyridine rings is 1. The third-order valence-corrected chi connectivity index (χ3v) is 6.45. The normalized spacial score (nSPS) is 13.5. The third-order valence-electron chi connectivity index (χ3n) is 6.45. The number of carbonyl (C=O) groups is 1. The summed E-state index contributed by atoms with van der Waals surface area (Å²) in [7, 11) is 0. The smallest absolute Gasteiger partial charge is 0.233 e. The van der Waals surface area contributed by atoms with E-state index in [2.05, 4.69) is 67.6 Å². The number of aryl methyl sites for hydroxylation is 4. The highest BCUT2D eigenvalue weighted by atomic mass is 16.2. The molecular weight excluding hydrogens is 382 g/mol. The van der Waals surface area contributed by atoms with Gasteiger partial charge in [0.05, 0.1) is 17.8 Å². The van der Waals surface area contributed by atoms with E-state index in [1.165, 1.54) is 16.7 Å². The lowest BCUT2D eigenvalue weighted by atomic mass is 10.00. The number of carbonyl (C=O) groups excluding carboxylic acids is 1. The number of nitrogens with zero attached hydrogens (tertiary/aromatic N) is 3. The Morgan fingerprint density at radius 2 is 1.81 bits per heavy atom. The Morgan fingerprint density at radius 3 is 2.65 bits per heavy atom. The maximum absolute atomic E-state index is 13.5. The van der Waals surface area contributed by atoms with Gasteiger partial charge in [0.15, 0.2) is 0 Å². The van der Waals surface area contributed by atoms with E-state index in [0.29, 0.717) is 6.42 Å². The van der Waals surface area contributed by atoms with Crippen molar-refractivity contribution in [2.75, 3.05) is 11.4 Å². The van der Waals surface area contributed by atoms with Crippen molar-refractivity contribution in [3.05, 3.63) is 88.7 Å². The van der Waals surface area contributed by atoms with E-state index >= 15 is 0 Å². The molecule has 4 heteroatoms. The van der Waals surface area contributed by atoms with Crippen molar-refractivity contribution in [3.8, 4) is 11.3 Å². The van der Waals surface area contributed by atoms with Gasteiger partial charge in [-0.25, -0.2) is 4.98 Å². The molecule has 2 aromatic carbocycles. The van der Waals surface area contributed by atoms with Gasteiger partial charge in [0.2, 0.25) is 5.91 Å². The zero-order valence-electron chi connectivity index (χ0n) is 18.4. The summed E-state index contributed by atoms with van der Waals surface area (Å²) in [5, 5.41) is 0. The quantitative estimate of drug-likeness (QED) is 0.451. The largest absolute Gasteiger partial charge is 0.312 e. The molecule has 4 nitrogen and oxygen atoms in total. The van der Waals surface area contributed by atoms with Crippen molar-refractivity contribution in [1.29, 1.82) is 0 Å². The van der Waals surface area contributed by atoms with Crippen molar-refractivity contribution in [1.82, 2.24) is 9.38 Å². The molecule has 3 heterocycles. The second kappa shape index (κ2) is 7.69. The summed E-state index contributed by atoms with van der Waals surface area (Å²) in [4.78, 5) is 20.5. The molecule has 2 aromatic heterocycles. The van der Waals surface area contributed by atoms with Crippen LogP contribution in [0.2, 0.25) is 0 Å². The highest BCUT2D eigenvalue weighted by Crippen LogP contribution is 2.31. The van der Waals surface area contributed by atoms with Crippen molar-refractivity contribution in [3.63, 3.8) is 0 Å². The first-order chi connectivity index (χ1) is 15.0. The van der Waals surface area contributed by atoms with Gasteiger partial charge in [-0.1, -0.05) is 36.4 Å². The Labute approximate surface area is 183 Å². The van der Waals surface area contributed by atoms with E-state index in [0.717, 1.165) is 53.2 Å². The summed E-state index contributed by atoms with van der Waals surface area (Å²) in [5.41, 5.74) is 9.73. The Hall–Kier alpha value is -3.40. The molecule has 31 heavy (non-hydrogen) atoms. The molecule has 0 saturated heterocycles. The number of imidazole rings is 1. The first-order valence-electron chi connectivity index (χ1n) is 11.0. The number of anilines is 1. The predicted octanol–water partition coefficient (Wildman–Crippen LogP) is 5.45. The van der Waals surface area contributed by atoms with Crippen LogP contribution in [-0.4, -0.2) is 21.8 Å². The minimum Gasteiger partial charge on any atom is -0.312 e. The van der Waals surface area contributed by atoms with Gasteiger partial charge in [-0.3, -0.25) is 4.79 Å². The monoisotopic (exact) mass is 409 g/mol. The second-order valence-corrected chi connectivity index (χ2v) is 8.55. The molecule has 0 spiro atoms. The van der Waals surface area contributed by atoms with Crippen molar-refractivity contribution < 1.29 is 4.79 Å².